The number of rotatable bonds is 0. The van der Waals surface area contributed by atoms with Crippen LogP contribution in [0.2, 0.25) is 0 Å². The molecule has 0 unspecified atom stereocenters. The van der Waals surface area contributed by atoms with E-state index in [1.807, 2.05) is 0 Å². The fourth-order valence-corrected chi connectivity index (χ4v) is 4.52. The predicted octanol–water partition coefficient (Wildman–Crippen LogP) is 4.65. The van der Waals surface area contributed by atoms with Crippen molar-refractivity contribution < 1.29 is 0 Å². The summed E-state index contributed by atoms with van der Waals surface area (Å²) < 4.78 is 0. The first-order chi connectivity index (χ1) is 10.3. The van der Waals surface area contributed by atoms with Gasteiger partial charge in [0.25, 0.3) is 0 Å². The Balaban J connectivity index is 1.75. The van der Waals surface area contributed by atoms with Gasteiger partial charge in [0.05, 0.1) is 5.52 Å². The van der Waals surface area contributed by atoms with Crippen molar-refractivity contribution in [2.75, 3.05) is 5.73 Å². The van der Waals surface area contributed by atoms with Crippen LogP contribution in [0, 0.1) is 5.41 Å². The fraction of sp³-hybridized carbons (Fsp3) is 0.526. The summed E-state index contributed by atoms with van der Waals surface area (Å²) in [4.78, 5) is 4.93. The van der Waals surface area contributed by atoms with E-state index in [0.717, 1.165) is 29.4 Å². The predicted molar refractivity (Wildman–Crippen MR) is 88.3 cm³/mol. The number of nitrogens with two attached hydrogens (primary N) is 1. The third kappa shape index (κ3) is 2.21. The van der Waals surface area contributed by atoms with Crippen molar-refractivity contribution in [3.63, 3.8) is 0 Å². The topological polar surface area (TPSA) is 38.9 Å². The zero-order valence-electron chi connectivity index (χ0n) is 12.7. The van der Waals surface area contributed by atoms with Crippen molar-refractivity contribution in [2.45, 2.75) is 57.8 Å². The molecular weight excluding hydrogens is 256 g/mol. The van der Waals surface area contributed by atoms with Gasteiger partial charge in [-0.25, -0.2) is 0 Å². The molecule has 1 fully saturated rings. The summed E-state index contributed by atoms with van der Waals surface area (Å²) in [6.07, 6.45) is 12.0. The number of aromatic nitrogens is 1. The van der Waals surface area contributed by atoms with Gasteiger partial charge in [-0.1, -0.05) is 37.5 Å². The minimum Gasteiger partial charge on any atom is -0.398 e. The number of nitrogen functional groups attached to an aromatic ring is 1. The molecular formula is C19H24N2. The Kier molecular flexibility index (Phi) is 3.13. The first-order valence-corrected chi connectivity index (χ1v) is 8.43. The SMILES string of the molecule is Nc1c2c(nc3ccccc13)CCC1(CCCCC1)CC2. The Hall–Kier alpha value is -1.57. The van der Waals surface area contributed by atoms with Crippen LogP contribution in [0.1, 0.15) is 56.2 Å². The molecule has 2 N–H and O–H groups in total. The second-order valence-electron chi connectivity index (χ2n) is 7.03. The normalized spacial score (nSPS) is 21.1. The lowest BCUT2D eigenvalue weighted by Crippen LogP contribution is -2.24. The average molecular weight is 280 g/mol. The lowest BCUT2D eigenvalue weighted by molar-refractivity contribution is 0.162. The van der Waals surface area contributed by atoms with Crippen LogP contribution in [0.25, 0.3) is 10.9 Å². The molecule has 2 heteroatoms. The Morgan fingerprint density at radius 2 is 1.67 bits per heavy atom. The van der Waals surface area contributed by atoms with Gasteiger partial charge < -0.3 is 5.73 Å². The maximum absolute atomic E-state index is 6.49. The number of para-hydroxylation sites is 1. The molecule has 110 valence electrons. The number of hydrogen-bond donors (Lipinski definition) is 1. The van der Waals surface area contributed by atoms with Crippen LogP contribution in [0.15, 0.2) is 24.3 Å². The Labute approximate surface area is 126 Å². The number of pyridine rings is 1. The van der Waals surface area contributed by atoms with E-state index in [9.17, 15) is 0 Å². The first kappa shape index (κ1) is 13.1. The van der Waals surface area contributed by atoms with Crippen molar-refractivity contribution >= 4 is 16.6 Å². The minimum atomic E-state index is 0.581. The zero-order chi connectivity index (χ0) is 14.3. The number of nitrogens with zero attached hydrogens (tertiary/aromatic N) is 1. The summed E-state index contributed by atoms with van der Waals surface area (Å²) >= 11 is 0. The number of aryl methyl sites for hydroxylation is 1. The molecule has 0 aliphatic heterocycles. The summed E-state index contributed by atoms with van der Waals surface area (Å²) in [5.41, 5.74) is 11.7. The van der Waals surface area contributed by atoms with Gasteiger partial charge in [0, 0.05) is 16.8 Å². The molecule has 2 aliphatic rings. The van der Waals surface area contributed by atoms with Crippen LogP contribution in [0.4, 0.5) is 5.69 Å². The first-order valence-electron chi connectivity index (χ1n) is 8.43. The number of hydrogen-bond acceptors (Lipinski definition) is 2. The zero-order valence-corrected chi connectivity index (χ0v) is 12.7. The fourth-order valence-electron chi connectivity index (χ4n) is 4.52. The highest BCUT2D eigenvalue weighted by molar-refractivity contribution is 5.92. The van der Waals surface area contributed by atoms with Gasteiger partial charge in [0.1, 0.15) is 0 Å². The molecule has 0 bridgehead atoms. The second kappa shape index (κ2) is 5.01. The van der Waals surface area contributed by atoms with E-state index in [4.69, 9.17) is 10.7 Å². The largest absolute Gasteiger partial charge is 0.398 e. The third-order valence-corrected chi connectivity index (χ3v) is 5.83. The molecule has 1 heterocycles. The van der Waals surface area contributed by atoms with E-state index < -0.39 is 0 Å². The van der Waals surface area contributed by atoms with Crippen LogP contribution in [-0.4, -0.2) is 4.98 Å². The molecule has 4 rings (SSSR count). The van der Waals surface area contributed by atoms with Crippen molar-refractivity contribution in [1.29, 1.82) is 0 Å². The molecule has 1 spiro atoms. The minimum absolute atomic E-state index is 0.581. The lowest BCUT2D eigenvalue weighted by atomic mass is 9.69. The van der Waals surface area contributed by atoms with Gasteiger partial charge in [0.2, 0.25) is 0 Å². The summed E-state index contributed by atoms with van der Waals surface area (Å²) in [6, 6.07) is 8.32. The van der Waals surface area contributed by atoms with Gasteiger partial charge in [0.15, 0.2) is 0 Å². The average Bonchev–Trinajstić information content (AvgIpc) is 2.69. The summed E-state index contributed by atoms with van der Waals surface area (Å²) in [7, 11) is 0. The Bertz CT molecular complexity index is 669. The molecule has 0 atom stereocenters. The molecule has 0 radical (unpaired) electrons. The standard InChI is InChI=1S/C19H24N2/c20-18-14-6-2-3-7-16(14)21-17-9-13-19(12-8-15(17)18)10-4-1-5-11-19/h2-3,6-7H,1,4-5,8-13H2,(H2,20,21). The molecule has 2 nitrogen and oxygen atoms in total. The maximum Gasteiger partial charge on any atom is 0.0726 e. The maximum atomic E-state index is 6.49. The van der Waals surface area contributed by atoms with Crippen LogP contribution >= 0.6 is 0 Å². The van der Waals surface area contributed by atoms with E-state index in [1.165, 1.54) is 56.2 Å². The smallest absolute Gasteiger partial charge is 0.0726 e. The van der Waals surface area contributed by atoms with Crippen molar-refractivity contribution in [2.24, 2.45) is 5.41 Å². The number of anilines is 1. The highest BCUT2D eigenvalue weighted by atomic mass is 14.7. The summed E-state index contributed by atoms with van der Waals surface area (Å²) in [6.45, 7) is 0. The Morgan fingerprint density at radius 3 is 2.52 bits per heavy atom. The van der Waals surface area contributed by atoms with Gasteiger partial charge in [-0.2, -0.15) is 0 Å². The molecule has 2 aliphatic carbocycles. The van der Waals surface area contributed by atoms with E-state index in [-0.39, 0.29) is 0 Å². The molecule has 1 aromatic heterocycles. The third-order valence-electron chi connectivity index (χ3n) is 5.83. The lowest BCUT2D eigenvalue weighted by Gasteiger charge is -2.36. The van der Waals surface area contributed by atoms with Crippen molar-refractivity contribution in [1.82, 2.24) is 4.98 Å². The van der Waals surface area contributed by atoms with Gasteiger partial charge in [-0.05, 0) is 55.6 Å². The highest BCUT2D eigenvalue weighted by Gasteiger charge is 2.34. The monoisotopic (exact) mass is 280 g/mol. The van der Waals surface area contributed by atoms with Crippen LogP contribution in [0.3, 0.4) is 0 Å². The molecule has 0 amide bonds. The Morgan fingerprint density at radius 1 is 0.905 bits per heavy atom. The van der Waals surface area contributed by atoms with E-state index in [0.29, 0.717) is 5.41 Å². The second-order valence-corrected chi connectivity index (χ2v) is 7.03. The molecule has 1 saturated carbocycles. The van der Waals surface area contributed by atoms with Gasteiger partial charge in [-0.15, -0.1) is 0 Å². The molecule has 0 saturated heterocycles. The highest BCUT2D eigenvalue weighted by Crippen LogP contribution is 2.46. The summed E-state index contributed by atoms with van der Waals surface area (Å²) in [5.74, 6) is 0. The van der Waals surface area contributed by atoms with E-state index >= 15 is 0 Å². The molecule has 21 heavy (non-hydrogen) atoms. The molecule has 1 aromatic carbocycles. The van der Waals surface area contributed by atoms with E-state index in [1.54, 1.807) is 0 Å². The van der Waals surface area contributed by atoms with E-state index in [2.05, 4.69) is 24.3 Å². The summed E-state index contributed by atoms with van der Waals surface area (Å²) in [5, 5.41) is 1.14. The molecule has 2 aromatic rings. The van der Waals surface area contributed by atoms with Gasteiger partial charge >= 0.3 is 0 Å². The number of benzene rings is 1. The van der Waals surface area contributed by atoms with Crippen molar-refractivity contribution in [3.05, 3.63) is 35.5 Å². The van der Waals surface area contributed by atoms with Crippen molar-refractivity contribution in [3.8, 4) is 0 Å². The van der Waals surface area contributed by atoms with Crippen LogP contribution < -0.4 is 5.73 Å². The van der Waals surface area contributed by atoms with Crippen LogP contribution in [0.5, 0.6) is 0 Å². The quantitative estimate of drug-likeness (QED) is 0.763. The van der Waals surface area contributed by atoms with Crippen LogP contribution in [-0.2, 0) is 12.8 Å². The number of fused-ring (bicyclic) bond motifs is 2. The van der Waals surface area contributed by atoms with Gasteiger partial charge in [-0.3, -0.25) is 4.98 Å².